The second-order valence-corrected chi connectivity index (χ2v) is 9.13. The van der Waals surface area contributed by atoms with Gasteiger partial charge in [0.15, 0.2) is 0 Å². The molecule has 1 N–H and O–H groups in total. The molecule has 0 unspecified atom stereocenters. The van der Waals surface area contributed by atoms with Crippen molar-refractivity contribution in [3.63, 3.8) is 0 Å². The Labute approximate surface area is 166 Å². The number of methoxy groups -OCH3 is 1. The summed E-state index contributed by atoms with van der Waals surface area (Å²) in [7, 11) is -1.85. The monoisotopic (exact) mass is 397 g/mol. The van der Waals surface area contributed by atoms with E-state index in [0.29, 0.717) is 18.0 Å². The normalized spacial score (nSPS) is 16.3. The lowest BCUT2D eigenvalue weighted by molar-refractivity contribution is -0.917. The zero-order valence-corrected chi connectivity index (χ0v) is 16.8. The summed E-state index contributed by atoms with van der Waals surface area (Å²) in [5.74, 6) is 0.764. The number of benzene rings is 3. The highest BCUT2D eigenvalue weighted by molar-refractivity contribution is 7.89. The Kier molecular flexibility index (Phi) is 5.35. The lowest BCUT2D eigenvalue weighted by Crippen LogP contribution is -3.13. The van der Waals surface area contributed by atoms with E-state index in [1.807, 2.05) is 42.5 Å². The average molecular weight is 398 g/mol. The summed E-state index contributed by atoms with van der Waals surface area (Å²) in [5.41, 5.74) is 1.29. The minimum atomic E-state index is -3.48. The standard InChI is InChI=1S/C22H24N2O3S/c1-27-21-9-7-20-16-22(10-8-19(20)15-21)28(25,26)24-13-11-23(12-14-24)17-18-5-3-2-4-6-18/h2-10,15-16H,11-14,17H2,1H3/p+1. The van der Waals surface area contributed by atoms with Crippen molar-refractivity contribution in [3.05, 3.63) is 72.3 Å². The van der Waals surface area contributed by atoms with Crippen LogP contribution in [-0.2, 0) is 16.6 Å². The molecule has 1 fully saturated rings. The molecule has 3 aromatic rings. The molecule has 5 nitrogen and oxygen atoms in total. The Hall–Kier alpha value is -2.41. The molecule has 1 heterocycles. The Balaban J connectivity index is 1.47. The molecule has 28 heavy (non-hydrogen) atoms. The van der Waals surface area contributed by atoms with E-state index in [-0.39, 0.29) is 0 Å². The molecule has 0 saturated carbocycles. The molecule has 0 bridgehead atoms. The lowest BCUT2D eigenvalue weighted by Gasteiger charge is -2.31. The summed E-state index contributed by atoms with van der Waals surface area (Å²) < 4.78 is 33.1. The first kappa shape index (κ1) is 18.9. The fourth-order valence-electron chi connectivity index (χ4n) is 3.74. The van der Waals surface area contributed by atoms with Crippen LogP contribution in [0.2, 0.25) is 0 Å². The Bertz CT molecular complexity index is 1060. The molecule has 3 aromatic carbocycles. The third-order valence-electron chi connectivity index (χ3n) is 5.38. The molecule has 0 amide bonds. The van der Waals surface area contributed by atoms with Crippen molar-refractivity contribution in [2.24, 2.45) is 0 Å². The fraction of sp³-hybridized carbons (Fsp3) is 0.273. The Morgan fingerprint density at radius 3 is 2.32 bits per heavy atom. The van der Waals surface area contributed by atoms with Crippen molar-refractivity contribution in [2.75, 3.05) is 33.3 Å². The predicted octanol–water partition coefficient (Wildman–Crippen LogP) is 1.94. The molecule has 6 heteroatoms. The second-order valence-electron chi connectivity index (χ2n) is 7.19. The molecule has 0 radical (unpaired) electrons. The highest BCUT2D eigenvalue weighted by atomic mass is 32.2. The van der Waals surface area contributed by atoms with Crippen molar-refractivity contribution in [2.45, 2.75) is 11.4 Å². The molecule has 4 rings (SSSR count). The average Bonchev–Trinajstić information content (AvgIpc) is 2.74. The van der Waals surface area contributed by atoms with Gasteiger partial charge in [-0.2, -0.15) is 4.31 Å². The number of fused-ring (bicyclic) bond motifs is 1. The molecule has 0 atom stereocenters. The number of nitrogens with one attached hydrogen (secondary N) is 1. The maximum atomic E-state index is 13.1. The summed E-state index contributed by atoms with van der Waals surface area (Å²) in [6, 6.07) is 21.3. The van der Waals surface area contributed by atoms with E-state index in [4.69, 9.17) is 4.74 Å². The van der Waals surface area contributed by atoms with E-state index < -0.39 is 10.0 Å². The number of nitrogens with zero attached hydrogens (tertiary/aromatic N) is 1. The van der Waals surface area contributed by atoms with Gasteiger partial charge in [-0.25, -0.2) is 8.42 Å². The predicted molar refractivity (Wildman–Crippen MR) is 110 cm³/mol. The van der Waals surface area contributed by atoms with Crippen molar-refractivity contribution < 1.29 is 18.1 Å². The lowest BCUT2D eigenvalue weighted by atomic mass is 10.1. The van der Waals surface area contributed by atoms with Crippen LogP contribution in [-0.4, -0.2) is 46.0 Å². The number of piperazine rings is 1. The van der Waals surface area contributed by atoms with E-state index in [0.717, 1.165) is 36.2 Å². The van der Waals surface area contributed by atoms with E-state index >= 15 is 0 Å². The highest BCUT2D eigenvalue weighted by Gasteiger charge is 2.30. The van der Waals surface area contributed by atoms with E-state index in [1.165, 1.54) is 10.5 Å². The SMILES string of the molecule is COc1ccc2cc(S(=O)(=O)N3CC[NH+](Cc4ccccc4)CC3)ccc2c1. The van der Waals surface area contributed by atoms with Gasteiger partial charge in [0.25, 0.3) is 0 Å². The van der Waals surface area contributed by atoms with Gasteiger partial charge < -0.3 is 9.64 Å². The second kappa shape index (κ2) is 7.91. The summed E-state index contributed by atoms with van der Waals surface area (Å²) in [5, 5.41) is 1.87. The van der Waals surface area contributed by atoms with Crippen LogP contribution in [0.1, 0.15) is 5.56 Å². The van der Waals surface area contributed by atoms with Gasteiger partial charge in [0.05, 0.1) is 38.2 Å². The molecule has 0 aliphatic carbocycles. The van der Waals surface area contributed by atoms with Crippen LogP contribution in [0.3, 0.4) is 0 Å². The van der Waals surface area contributed by atoms with Crippen LogP contribution >= 0.6 is 0 Å². The van der Waals surface area contributed by atoms with Crippen molar-refractivity contribution in [3.8, 4) is 5.75 Å². The Morgan fingerprint density at radius 2 is 1.61 bits per heavy atom. The largest absolute Gasteiger partial charge is 0.497 e. The summed E-state index contributed by atoms with van der Waals surface area (Å²) >= 11 is 0. The fourth-order valence-corrected chi connectivity index (χ4v) is 5.22. The van der Waals surface area contributed by atoms with Crippen LogP contribution in [0, 0.1) is 0 Å². The van der Waals surface area contributed by atoms with Crippen LogP contribution in [0.5, 0.6) is 5.75 Å². The maximum Gasteiger partial charge on any atom is 0.243 e. The number of ether oxygens (including phenoxy) is 1. The highest BCUT2D eigenvalue weighted by Crippen LogP contribution is 2.25. The molecule has 1 saturated heterocycles. The molecule has 146 valence electrons. The molecule has 1 aliphatic heterocycles. The number of hydrogen-bond donors (Lipinski definition) is 1. The maximum absolute atomic E-state index is 13.1. The number of sulfonamides is 1. The van der Waals surface area contributed by atoms with Gasteiger partial charge in [-0.15, -0.1) is 0 Å². The molecule has 0 aromatic heterocycles. The van der Waals surface area contributed by atoms with Gasteiger partial charge in [0.2, 0.25) is 10.0 Å². The van der Waals surface area contributed by atoms with Gasteiger partial charge >= 0.3 is 0 Å². The first-order chi connectivity index (χ1) is 13.6. The molecule has 1 aliphatic rings. The zero-order valence-electron chi connectivity index (χ0n) is 16.0. The van der Waals surface area contributed by atoms with Crippen molar-refractivity contribution in [1.82, 2.24) is 4.31 Å². The van der Waals surface area contributed by atoms with Crippen molar-refractivity contribution in [1.29, 1.82) is 0 Å². The zero-order chi connectivity index (χ0) is 19.6. The van der Waals surface area contributed by atoms with Gasteiger partial charge in [0, 0.05) is 5.56 Å². The van der Waals surface area contributed by atoms with Crippen LogP contribution < -0.4 is 9.64 Å². The molecular formula is C22H25N2O3S+. The third kappa shape index (κ3) is 3.90. The van der Waals surface area contributed by atoms with E-state index in [1.54, 1.807) is 23.5 Å². The minimum Gasteiger partial charge on any atom is -0.497 e. The first-order valence-corrected chi connectivity index (χ1v) is 11.0. The van der Waals surface area contributed by atoms with Crippen LogP contribution in [0.4, 0.5) is 0 Å². The van der Waals surface area contributed by atoms with E-state index in [2.05, 4.69) is 12.1 Å². The summed E-state index contributed by atoms with van der Waals surface area (Å²) in [4.78, 5) is 1.78. The molecular weight excluding hydrogens is 372 g/mol. The number of rotatable bonds is 5. The van der Waals surface area contributed by atoms with Gasteiger partial charge in [-0.05, 0) is 35.0 Å². The quantitative estimate of drug-likeness (QED) is 0.716. The minimum absolute atomic E-state index is 0.358. The smallest absolute Gasteiger partial charge is 0.243 e. The van der Waals surface area contributed by atoms with E-state index in [9.17, 15) is 8.42 Å². The number of quaternary nitrogens is 1. The molecule has 0 spiro atoms. The third-order valence-corrected chi connectivity index (χ3v) is 7.28. The number of hydrogen-bond acceptors (Lipinski definition) is 3. The first-order valence-electron chi connectivity index (χ1n) is 9.52. The topological polar surface area (TPSA) is 51.1 Å². The van der Waals surface area contributed by atoms with Gasteiger partial charge in [-0.3, -0.25) is 0 Å². The van der Waals surface area contributed by atoms with Gasteiger partial charge in [0.1, 0.15) is 12.3 Å². The summed E-state index contributed by atoms with van der Waals surface area (Å²) in [6.07, 6.45) is 0. The van der Waals surface area contributed by atoms with Gasteiger partial charge in [-0.1, -0.05) is 42.5 Å². The Morgan fingerprint density at radius 1 is 0.929 bits per heavy atom. The van der Waals surface area contributed by atoms with Crippen molar-refractivity contribution >= 4 is 20.8 Å². The summed E-state index contributed by atoms with van der Waals surface area (Å²) in [6.45, 7) is 3.67. The van der Waals surface area contributed by atoms with Crippen LogP contribution in [0.25, 0.3) is 10.8 Å². The van der Waals surface area contributed by atoms with Crippen LogP contribution in [0.15, 0.2) is 71.6 Å².